The molecule has 2 atom stereocenters. The molecule has 2 unspecified atom stereocenters. The van der Waals surface area contributed by atoms with E-state index >= 15 is 0 Å². The van der Waals surface area contributed by atoms with E-state index in [2.05, 4.69) is 29.9 Å². The first-order valence-corrected chi connectivity index (χ1v) is 6.53. The minimum Gasteiger partial charge on any atom is -0.262 e. The average Bonchev–Trinajstić information content (AvgIpc) is 2.40. The lowest BCUT2D eigenvalue weighted by Gasteiger charge is -2.21. The van der Waals surface area contributed by atoms with E-state index in [0.29, 0.717) is 11.5 Å². The van der Waals surface area contributed by atoms with Crippen LogP contribution in [0.25, 0.3) is 0 Å². The van der Waals surface area contributed by atoms with Crippen LogP contribution in [-0.2, 0) is 0 Å². The Hall–Kier alpha value is -1.77. The van der Waals surface area contributed by atoms with Crippen molar-refractivity contribution in [2.45, 2.75) is 39.5 Å². The Bertz CT molecular complexity index is 581. The molecule has 0 bridgehead atoms. The van der Waals surface area contributed by atoms with Crippen molar-refractivity contribution >= 4 is 0 Å². The second-order valence-electron chi connectivity index (χ2n) is 5.18. The molecule has 3 heteroatoms. The van der Waals surface area contributed by atoms with Gasteiger partial charge in [0.05, 0.1) is 0 Å². The molecular weight excluding hydrogens is 239 g/mol. The van der Waals surface area contributed by atoms with Gasteiger partial charge in [0.15, 0.2) is 0 Å². The van der Waals surface area contributed by atoms with Crippen LogP contribution in [0.4, 0.5) is 4.39 Å². The molecular formula is C16H19FN2. The van der Waals surface area contributed by atoms with Gasteiger partial charge in [0.2, 0.25) is 5.95 Å². The van der Waals surface area contributed by atoms with Gasteiger partial charge in [0, 0.05) is 23.7 Å². The van der Waals surface area contributed by atoms with Crippen molar-refractivity contribution in [3.8, 4) is 0 Å². The number of rotatable bonds is 3. The van der Waals surface area contributed by atoms with Crippen LogP contribution in [0, 0.1) is 19.8 Å². The first-order chi connectivity index (χ1) is 8.99. The number of aromatic nitrogens is 2. The third kappa shape index (κ3) is 2.98. The second-order valence-corrected chi connectivity index (χ2v) is 5.18. The molecule has 0 amide bonds. The van der Waals surface area contributed by atoms with E-state index in [-0.39, 0.29) is 11.9 Å². The van der Waals surface area contributed by atoms with Gasteiger partial charge in [-0.25, -0.2) is 4.98 Å². The summed E-state index contributed by atoms with van der Waals surface area (Å²) < 4.78 is 13.2. The largest absolute Gasteiger partial charge is 0.262 e. The average molecular weight is 258 g/mol. The molecule has 0 saturated heterocycles. The number of pyridine rings is 2. The van der Waals surface area contributed by atoms with Crippen molar-refractivity contribution < 1.29 is 4.39 Å². The maximum atomic E-state index is 13.2. The minimum absolute atomic E-state index is 0.286. The molecule has 0 aliphatic heterocycles. The molecule has 2 heterocycles. The summed E-state index contributed by atoms with van der Waals surface area (Å²) in [5, 5.41) is 0. The molecule has 0 N–H and O–H groups in total. The predicted octanol–water partition coefficient (Wildman–Crippen LogP) is 4.14. The van der Waals surface area contributed by atoms with Gasteiger partial charge in [-0.2, -0.15) is 4.39 Å². The molecule has 0 aliphatic rings. The summed E-state index contributed by atoms with van der Waals surface area (Å²) in [6.07, 6.45) is 3.47. The molecule has 19 heavy (non-hydrogen) atoms. The van der Waals surface area contributed by atoms with Gasteiger partial charge in [-0.1, -0.05) is 13.8 Å². The summed E-state index contributed by atoms with van der Waals surface area (Å²) >= 11 is 0. The van der Waals surface area contributed by atoms with Crippen molar-refractivity contribution in [1.82, 2.24) is 9.97 Å². The molecule has 2 nitrogen and oxygen atoms in total. The SMILES string of the molecule is Cc1cc(C(C)C(C)c2cnc(F)c(C)c2)ccn1. The highest BCUT2D eigenvalue weighted by Gasteiger charge is 2.17. The van der Waals surface area contributed by atoms with Gasteiger partial charge in [0.25, 0.3) is 0 Å². The molecule has 0 saturated carbocycles. The van der Waals surface area contributed by atoms with Crippen molar-refractivity contribution in [1.29, 1.82) is 0 Å². The lowest BCUT2D eigenvalue weighted by Crippen LogP contribution is -2.07. The smallest absolute Gasteiger partial charge is 0.215 e. The fourth-order valence-corrected chi connectivity index (χ4v) is 2.26. The molecule has 2 aromatic rings. The summed E-state index contributed by atoms with van der Waals surface area (Å²) in [5.41, 5.74) is 3.94. The predicted molar refractivity (Wildman–Crippen MR) is 74.7 cm³/mol. The van der Waals surface area contributed by atoms with E-state index in [9.17, 15) is 4.39 Å². The molecule has 0 aromatic carbocycles. The monoisotopic (exact) mass is 258 g/mol. The molecule has 2 aromatic heterocycles. The molecule has 100 valence electrons. The molecule has 0 radical (unpaired) electrons. The third-order valence-corrected chi connectivity index (χ3v) is 3.76. The summed E-state index contributed by atoms with van der Waals surface area (Å²) in [5.74, 6) is 0.241. The highest BCUT2D eigenvalue weighted by molar-refractivity contribution is 5.28. The highest BCUT2D eigenvalue weighted by atomic mass is 19.1. The fraction of sp³-hybridized carbons (Fsp3) is 0.375. The van der Waals surface area contributed by atoms with Crippen molar-refractivity contribution in [3.05, 3.63) is 58.9 Å². The number of hydrogen-bond donors (Lipinski definition) is 0. The zero-order valence-electron chi connectivity index (χ0n) is 11.8. The van der Waals surface area contributed by atoms with Crippen molar-refractivity contribution in [2.75, 3.05) is 0 Å². The quantitative estimate of drug-likeness (QED) is 0.773. The molecule has 2 rings (SSSR count). The Morgan fingerprint density at radius 3 is 2.32 bits per heavy atom. The van der Waals surface area contributed by atoms with Crippen molar-refractivity contribution in [2.24, 2.45) is 0 Å². The lowest BCUT2D eigenvalue weighted by molar-refractivity contribution is 0.564. The van der Waals surface area contributed by atoms with Crippen LogP contribution < -0.4 is 0 Å². The van der Waals surface area contributed by atoms with Crippen LogP contribution >= 0.6 is 0 Å². The molecule has 0 fully saturated rings. The highest BCUT2D eigenvalue weighted by Crippen LogP contribution is 2.32. The number of halogens is 1. The summed E-state index contributed by atoms with van der Waals surface area (Å²) in [6.45, 7) is 8.07. The first-order valence-electron chi connectivity index (χ1n) is 6.53. The summed E-state index contributed by atoms with van der Waals surface area (Å²) in [7, 11) is 0. The zero-order valence-corrected chi connectivity index (χ0v) is 11.8. The lowest BCUT2D eigenvalue weighted by atomic mass is 9.84. The van der Waals surface area contributed by atoms with E-state index in [1.54, 1.807) is 13.1 Å². The zero-order chi connectivity index (χ0) is 14.0. The van der Waals surface area contributed by atoms with Gasteiger partial charge in [-0.15, -0.1) is 0 Å². The van der Waals surface area contributed by atoms with Gasteiger partial charge in [-0.3, -0.25) is 4.98 Å². The second kappa shape index (κ2) is 5.47. The maximum absolute atomic E-state index is 13.2. The Morgan fingerprint density at radius 1 is 1.00 bits per heavy atom. The standard InChI is InChI=1S/C16H19FN2/c1-10-7-15(9-19-16(10)17)13(4)12(3)14-5-6-18-11(2)8-14/h5-9,12-13H,1-4H3. The Kier molecular flexibility index (Phi) is 3.93. The van der Waals surface area contributed by atoms with E-state index in [4.69, 9.17) is 0 Å². The van der Waals surface area contributed by atoms with Crippen molar-refractivity contribution in [3.63, 3.8) is 0 Å². The van der Waals surface area contributed by atoms with Crippen LogP contribution in [-0.4, -0.2) is 9.97 Å². The van der Waals surface area contributed by atoms with E-state index in [0.717, 1.165) is 11.3 Å². The summed E-state index contributed by atoms with van der Waals surface area (Å²) in [4.78, 5) is 8.03. The fourth-order valence-electron chi connectivity index (χ4n) is 2.26. The number of aryl methyl sites for hydroxylation is 2. The van der Waals surface area contributed by atoms with E-state index in [1.807, 2.05) is 25.3 Å². The molecule has 0 aliphatic carbocycles. The molecule has 0 spiro atoms. The third-order valence-electron chi connectivity index (χ3n) is 3.76. The van der Waals surface area contributed by atoms with Gasteiger partial charge < -0.3 is 0 Å². The van der Waals surface area contributed by atoms with Gasteiger partial charge >= 0.3 is 0 Å². The van der Waals surface area contributed by atoms with E-state index in [1.165, 1.54) is 5.56 Å². The van der Waals surface area contributed by atoms with Crippen LogP contribution in [0.3, 0.4) is 0 Å². The van der Waals surface area contributed by atoms with Crippen LogP contribution in [0.5, 0.6) is 0 Å². The Morgan fingerprint density at radius 2 is 1.68 bits per heavy atom. The normalized spacial score (nSPS) is 14.2. The minimum atomic E-state index is -0.386. The number of hydrogen-bond acceptors (Lipinski definition) is 2. The topological polar surface area (TPSA) is 25.8 Å². The van der Waals surface area contributed by atoms with E-state index < -0.39 is 0 Å². The van der Waals surface area contributed by atoms with Crippen LogP contribution in [0.2, 0.25) is 0 Å². The maximum Gasteiger partial charge on any atom is 0.215 e. The number of nitrogens with zero attached hydrogens (tertiary/aromatic N) is 2. The van der Waals surface area contributed by atoms with Crippen LogP contribution in [0.1, 0.15) is 48.1 Å². The Labute approximate surface area is 113 Å². The van der Waals surface area contributed by atoms with Gasteiger partial charge in [-0.05, 0) is 55.0 Å². The Balaban J connectivity index is 2.27. The first kappa shape index (κ1) is 13.7. The van der Waals surface area contributed by atoms with Gasteiger partial charge in [0.1, 0.15) is 0 Å². The summed E-state index contributed by atoms with van der Waals surface area (Å²) in [6, 6.07) is 6.03. The van der Waals surface area contributed by atoms with Crippen LogP contribution in [0.15, 0.2) is 30.6 Å².